The van der Waals surface area contributed by atoms with Crippen molar-refractivity contribution < 1.29 is 9.32 Å². The van der Waals surface area contributed by atoms with E-state index in [1.54, 1.807) is 11.3 Å². The largest absolute Gasteiger partial charge is 0.340 e. The summed E-state index contributed by atoms with van der Waals surface area (Å²) in [6.07, 6.45) is 0.560. The molecule has 5 nitrogen and oxygen atoms in total. The number of nitrogens with zero attached hydrogens (tertiary/aromatic N) is 2. The summed E-state index contributed by atoms with van der Waals surface area (Å²) in [7, 11) is 0. The highest BCUT2D eigenvalue weighted by molar-refractivity contribution is 7.13. The molecule has 1 amide bonds. The van der Waals surface area contributed by atoms with E-state index in [9.17, 15) is 4.79 Å². The summed E-state index contributed by atoms with van der Waals surface area (Å²) in [4.78, 5) is 18.2. The summed E-state index contributed by atoms with van der Waals surface area (Å²) in [6.45, 7) is 1.99. The summed E-state index contributed by atoms with van der Waals surface area (Å²) >= 11 is 1.54. The summed E-state index contributed by atoms with van der Waals surface area (Å²) in [6, 6.07) is 20.9. The monoisotopic (exact) mass is 389 g/mol. The number of carbonyl (C=O) groups excluding carboxylic acids is 1. The highest BCUT2D eigenvalue weighted by Gasteiger charge is 2.23. The maximum Gasteiger partial charge on any atom is 0.251 e. The molecule has 2 aromatic carbocycles. The molecule has 0 fully saturated rings. The number of nitrogens with one attached hydrogen (secondary N) is 1. The van der Waals surface area contributed by atoms with Crippen molar-refractivity contribution >= 4 is 17.2 Å². The molecule has 0 spiro atoms. The fourth-order valence-electron chi connectivity index (χ4n) is 2.88. The smallest absolute Gasteiger partial charge is 0.251 e. The number of hydrogen-bond acceptors (Lipinski definition) is 5. The fraction of sp³-hybridized carbons (Fsp3) is 0.136. The van der Waals surface area contributed by atoms with Gasteiger partial charge in [0, 0.05) is 12.0 Å². The molecule has 4 aromatic rings. The lowest BCUT2D eigenvalue weighted by Crippen LogP contribution is -2.30. The molecule has 2 aromatic heterocycles. The maximum atomic E-state index is 12.8. The molecule has 1 atom stereocenters. The summed E-state index contributed by atoms with van der Waals surface area (Å²) in [5.41, 5.74) is 2.78. The van der Waals surface area contributed by atoms with Crippen LogP contribution in [0.15, 0.2) is 76.6 Å². The summed E-state index contributed by atoms with van der Waals surface area (Å²) in [5.74, 6) is 0.761. The Morgan fingerprint density at radius 2 is 1.86 bits per heavy atom. The lowest BCUT2D eigenvalue weighted by Gasteiger charge is -2.15. The summed E-state index contributed by atoms with van der Waals surface area (Å²) < 4.78 is 5.51. The van der Waals surface area contributed by atoms with Crippen molar-refractivity contribution in [1.29, 1.82) is 0 Å². The quantitative estimate of drug-likeness (QED) is 0.513. The van der Waals surface area contributed by atoms with E-state index in [2.05, 4.69) is 15.5 Å². The lowest BCUT2D eigenvalue weighted by atomic mass is 10.0. The Labute approximate surface area is 167 Å². The molecule has 0 aliphatic carbocycles. The van der Waals surface area contributed by atoms with Gasteiger partial charge in [-0.2, -0.15) is 4.98 Å². The van der Waals surface area contributed by atoms with Gasteiger partial charge in [-0.3, -0.25) is 4.79 Å². The van der Waals surface area contributed by atoms with Crippen molar-refractivity contribution in [1.82, 2.24) is 15.5 Å². The third kappa shape index (κ3) is 4.18. The molecular weight excluding hydrogens is 370 g/mol. The predicted octanol–water partition coefficient (Wildman–Crippen LogP) is 4.82. The van der Waals surface area contributed by atoms with Gasteiger partial charge in [0.15, 0.2) is 0 Å². The van der Waals surface area contributed by atoms with E-state index in [1.807, 2.05) is 79.0 Å². The molecule has 6 heteroatoms. The van der Waals surface area contributed by atoms with Crippen LogP contribution in [0, 0.1) is 6.92 Å². The van der Waals surface area contributed by atoms with E-state index in [4.69, 9.17) is 4.52 Å². The molecule has 2 heterocycles. The van der Waals surface area contributed by atoms with Crippen LogP contribution in [0.5, 0.6) is 0 Å². The van der Waals surface area contributed by atoms with Crippen molar-refractivity contribution in [3.8, 4) is 10.7 Å². The highest BCUT2D eigenvalue weighted by Crippen LogP contribution is 2.25. The molecule has 0 radical (unpaired) electrons. The van der Waals surface area contributed by atoms with Crippen molar-refractivity contribution in [2.45, 2.75) is 19.4 Å². The number of rotatable bonds is 6. The molecule has 0 unspecified atom stereocenters. The van der Waals surface area contributed by atoms with E-state index >= 15 is 0 Å². The molecule has 28 heavy (non-hydrogen) atoms. The minimum atomic E-state index is -0.419. The first kappa shape index (κ1) is 18.1. The number of thiophene rings is 1. The Morgan fingerprint density at radius 3 is 2.57 bits per heavy atom. The van der Waals surface area contributed by atoms with Gasteiger partial charge in [-0.25, -0.2) is 0 Å². The molecule has 140 valence electrons. The predicted molar refractivity (Wildman–Crippen MR) is 109 cm³/mol. The first-order valence-electron chi connectivity index (χ1n) is 8.98. The van der Waals surface area contributed by atoms with Crippen LogP contribution in [-0.2, 0) is 6.42 Å². The number of benzene rings is 2. The van der Waals surface area contributed by atoms with Crippen LogP contribution >= 0.6 is 11.3 Å². The fourth-order valence-corrected chi connectivity index (χ4v) is 3.53. The molecule has 4 rings (SSSR count). The van der Waals surface area contributed by atoms with E-state index in [0.29, 0.717) is 23.7 Å². The van der Waals surface area contributed by atoms with Gasteiger partial charge in [-0.05, 0) is 36.1 Å². The molecule has 0 bridgehead atoms. The van der Waals surface area contributed by atoms with E-state index in [1.165, 1.54) is 0 Å². The third-order valence-electron chi connectivity index (χ3n) is 4.38. The molecule has 1 N–H and O–H groups in total. The minimum Gasteiger partial charge on any atom is -0.340 e. The first-order chi connectivity index (χ1) is 13.7. The SMILES string of the molecule is Cc1ccc(C(=O)N[C@@H](Cc2ccccc2)c2nc(-c3cccs3)no2)cc1. The van der Waals surface area contributed by atoms with Crippen molar-refractivity contribution in [3.05, 3.63) is 94.7 Å². The van der Waals surface area contributed by atoms with E-state index in [-0.39, 0.29) is 5.91 Å². The van der Waals surface area contributed by atoms with Crippen molar-refractivity contribution in [3.63, 3.8) is 0 Å². The van der Waals surface area contributed by atoms with Gasteiger partial charge in [0.05, 0.1) is 4.88 Å². The van der Waals surface area contributed by atoms with Gasteiger partial charge < -0.3 is 9.84 Å². The van der Waals surface area contributed by atoms with Gasteiger partial charge in [-0.1, -0.05) is 59.3 Å². The van der Waals surface area contributed by atoms with Gasteiger partial charge in [-0.15, -0.1) is 11.3 Å². The Bertz CT molecular complexity index is 1040. The zero-order chi connectivity index (χ0) is 19.3. The van der Waals surface area contributed by atoms with Crippen LogP contribution in [0.4, 0.5) is 0 Å². The average molecular weight is 389 g/mol. The molecular formula is C22H19N3O2S. The van der Waals surface area contributed by atoms with Gasteiger partial charge in [0.25, 0.3) is 5.91 Å². The Kier molecular flexibility index (Phi) is 5.30. The highest BCUT2D eigenvalue weighted by atomic mass is 32.1. The first-order valence-corrected chi connectivity index (χ1v) is 9.86. The van der Waals surface area contributed by atoms with Crippen LogP contribution in [0.25, 0.3) is 10.7 Å². The molecule has 0 saturated carbocycles. The van der Waals surface area contributed by atoms with Crippen LogP contribution in [0.2, 0.25) is 0 Å². The number of carbonyl (C=O) groups is 1. The minimum absolute atomic E-state index is 0.170. The maximum absolute atomic E-state index is 12.8. The van der Waals surface area contributed by atoms with Crippen LogP contribution < -0.4 is 5.32 Å². The van der Waals surface area contributed by atoms with E-state index < -0.39 is 6.04 Å². The van der Waals surface area contributed by atoms with Crippen LogP contribution in [0.3, 0.4) is 0 Å². The third-order valence-corrected chi connectivity index (χ3v) is 5.25. The molecule has 0 saturated heterocycles. The van der Waals surface area contributed by atoms with Gasteiger partial charge >= 0.3 is 0 Å². The van der Waals surface area contributed by atoms with Crippen LogP contribution in [0.1, 0.15) is 33.4 Å². The van der Waals surface area contributed by atoms with E-state index in [0.717, 1.165) is 16.0 Å². The zero-order valence-corrected chi connectivity index (χ0v) is 16.1. The second kappa shape index (κ2) is 8.19. The van der Waals surface area contributed by atoms with Gasteiger partial charge in [0.2, 0.25) is 11.7 Å². The number of aromatic nitrogens is 2. The van der Waals surface area contributed by atoms with Crippen molar-refractivity contribution in [2.75, 3.05) is 0 Å². The second-order valence-electron chi connectivity index (χ2n) is 6.52. The standard InChI is InChI=1S/C22H19N3O2S/c1-15-9-11-17(12-10-15)21(26)23-18(14-16-6-3-2-4-7-16)22-24-20(25-27-22)19-8-5-13-28-19/h2-13,18H,14H2,1H3,(H,23,26)/t18-/m0/s1. The number of hydrogen-bond donors (Lipinski definition) is 1. The average Bonchev–Trinajstić information content (AvgIpc) is 3.40. The second-order valence-corrected chi connectivity index (χ2v) is 7.46. The molecule has 0 aliphatic heterocycles. The Balaban J connectivity index is 1.60. The molecule has 0 aliphatic rings. The number of amides is 1. The zero-order valence-electron chi connectivity index (χ0n) is 15.3. The Hall–Kier alpha value is -3.25. The summed E-state index contributed by atoms with van der Waals surface area (Å²) in [5, 5.41) is 9.09. The lowest BCUT2D eigenvalue weighted by molar-refractivity contribution is 0.0928. The Morgan fingerprint density at radius 1 is 1.07 bits per heavy atom. The normalized spacial score (nSPS) is 11.9. The van der Waals surface area contributed by atoms with Gasteiger partial charge in [0.1, 0.15) is 6.04 Å². The topological polar surface area (TPSA) is 68.0 Å². The van der Waals surface area contributed by atoms with Crippen molar-refractivity contribution in [2.24, 2.45) is 0 Å². The number of aryl methyl sites for hydroxylation is 1. The van der Waals surface area contributed by atoms with Crippen LogP contribution in [-0.4, -0.2) is 16.0 Å².